The van der Waals surface area contributed by atoms with Gasteiger partial charge < -0.3 is 19.9 Å². The Bertz CT molecular complexity index is 992. The predicted molar refractivity (Wildman–Crippen MR) is 114 cm³/mol. The summed E-state index contributed by atoms with van der Waals surface area (Å²) in [6, 6.07) is 8.62. The van der Waals surface area contributed by atoms with Gasteiger partial charge in [-0.1, -0.05) is 26.0 Å². The lowest BCUT2D eigenvalue weighted by Crippen LogP contribution is -2.44. The maximum absolute atomic E-state index is 14.8. The minimum atomic E-state index is -1.19. The van der Waals surface area contributed by atoms with Crippen molar-refractivity contribution in [1.82, 2.24) is 4.90 Å². The molecule has 3 rings (SSSR count). The largest absolute Gasteiger partial charge is 0.497 e. The Kier molecular flexibility index (Phi) is 6.50. The lowest BCUT2D eigenvalue weighted by atomic mass is 9.85. The van der Waals surface area contributed by atoms with Crippen molar-refractivity contribution < 1.29 is 28.6 Å². The minimum Gasteiger partial charge on any atom is -0.497 e. The summed E-state index contributed by atoms with van der Waals surface area (Å²) < 4.78 is 25.2. The van der Waals surface area contributed by atoms with Crippen LogP contribution in [-0.2, 0) is 21.4 Å². The van der Waals surface area contributed by atoms with Crippen molar-refractivity contribution in [2.24, 2.45) is 0 Å². The van der Waals surface area contributed by atoms with Gasteiger partial charge in [0, 0.05) is 24.8 Å². The fraction of sp³-hybridized carbons (Fsp3) is 0.391. The molecule has 2 aromatic carbocycles. The van der Waals surface area contributed by atoms with E-state index in [2.05, 4.69) is 5.32 Å². The number of carbonyl (C=O) groups is 2. The molecule has 0 spiro atoms. The van der Waals surface area contributed by atoms with E-state index in [4.69, 9.17) is 9.47 Å². The summed E-state index contributed by atoms with van der Waals surface area (Å²) in [4.78, 5) is 26.0. The van der Waals surface area contributed by atoms with Crippen LogP contribution in [0.1, 0.15) is 36.6 Å². The smallest absolute Gasteiger partial charge is 0.408 e. The summed E-state index contributed by atoms with van der Waals surface area (Å²) in [6.07, 6.45) is -0.718. The average molecular weight is 430 g/mol. The van der Waals surface area contributed by atoms with Crippen LogP contribution < -0.4 is 10.1 Å². The maximum atomic E-state index is 14.8. The zero-order chi connectivity index (χ0) is 22.8. The van der Waals surface area contributed by atoms with Crippen LogP contribution in [0.4, 0.5) is 14.9 Å². The Morgan fingerprint density at radius 2 is 1.97 bits per heavy atom. The molecule has 0 saturated carbocycles. The highest BCUT2D eigenvalue weighted by atomic mass is 19.1. The molecule has 0 aromatic heterocycles. The molecule has 0 saturated heterocycles. The zero-order valence-electron chi connectivity index (χ0n) is 18.1. The standard InChI is InChI=1S/C23H27FN2O5/c1-23(2,13-30-3)18-8-5-15(12-19(18)24)25-21(27)20-17-7-6-16(31-4)11-14(17)9-10-26(20)22(28)29/h5-8,11-12,20H,9-10,13H2,1-4H3,(H,25,27)(H,28,29). The number of amides is 2. The number of rotatable bonds is 6. The Labute approximate surface area is 180 Å². The number of anilines is 1. The van der Waals surface area contributed by atoms with E-state index in [0.717, 1.165) is 10.5 Å². The van der Waals surface area contributed by atoms with Crippen LogP contribution in [-0.4, -0.2) is 49.4 Å². The first-order chi connectivity index (χ1) is 14.7. The summed E-state index contributed by atoms with van der Waals surface area (Å²) in [5.74, 6) is -0.376. The molecule has 2 N–H and O–H groups in total. The number of nitrogens with one attached hydrogen (secondary N) is 1. The topological polar surface area (TPSA) is 88.1 Å². The monoisotopic (exact) mass is 430 g/mol. The fourth-order valence-corrected chi connectivity index (χ4v) is 4.01. The van der Waals surface area contributed by atoms with Crippen molar-refractivity contribution >= 4 is 17.7 Å². The first kappa shape index (κ1) is 22.6. The van der Waals surface area contributed by atoms with Gasteiger partial charge in [-0.3, -0.25) is 9.69 Å². The van der Waals surface area contributed by atoms with E-state index in [-0.39, 0.29) is 12.2 Å². The quantitative estimate of drug-likeness (QED) is 0.724. The van der Waals surface area contributed by atoms with Crippen molar-refractivity contribution in [2.45, 2.75) is 31.7 Å². The van der Waals surface area contributed by atoms with Gasteiger partial charge in [-0.15, -0.1) is 0 Å². The number of nitrogens with zero attached hydrogens (tertiary/aromatic N) is 1. The molecule has 166 valence electrons. The maximum Gasteiger partial charge on any atom is 0.408 e. The summed E-state index contributed by atoms with van der Waals surface area (Å²) >= 11 is 0. The van der Waals surface area contributed by atoms with Gasteiger partial charge in [-0.25, -0.2) is 9.18 Å². The van der Waals surface area contributed by atoms with Gasteiger partial charge in [0.15, 0.2) is 0 Å². The highest BCUT2D eigenvalue weighted by Gasteiger charge is 2.36. The number of fused-ring (bicyclic) bond motifs is 1. The highest BCUT2D eigenvalue weighted by Crippen LogP contribution is 2.34. The molecule has 1 aliphatic rings. The Balaban J connectivity index is 1.89. The summed E-state index contributed by atoms with van der Waals surface area (Å²) in [6.45, 7) is 4.24. The third-order valence-corrected chi connectivity index (χ3v) is 5.54. The van der Waals surface area contributed by atoms with Crippen LogP contribution in [0.3, 0.4) is 0 Å². The fourth-order valence-electron chi connectivity index (χ4n) is 4.01. The molecule has 7 nitrogen and oxygen atoms in total. The van der Waals surface area contributed by atoms with E-state index in [9.17, 15) is 19.1 Å². The second-order valence-electron chi connectivity index (χ2n) is 8.19. The summed E-state index contributed by atoms with van der Waals surface area (Å²) in [5, 5.41) is 12.3. The molecule has 0 aliphatic carbocycles. The van der Waals surface area contributed by atoms with E-state index in [1.54, 1.807) is 44.6 Å². The first-order valence-corrected chi connectivity index (χ1v) is 9.94. The van der Waals surface area contributed by atoms with Crippen LogP contribution in [0.15, 0.2) is 36.4 Å². The van der Waals surface area contributed by atoms with Gasteiger partial charge in [0.05, 0.1) is 13.7 Å². The summed E-state index contributed by atoms with van der Waals surface area (Å²) in [5.41, 5.74) is 1.62. The Morgan fingerprint density at radius 1 is 1.23 bits per heavy atom. The highest BCUT2D eigenvalue weighted by molar-refractivity contribution is 5.97. The van der Waals surface area contributed by atoms with E-state index in [1.165, 1.54) is 6.07 Å². The third kappa shape index (κ3) is 4.64. The second kappa shape index (κ2) is 8.93. The molecule has 0 fully saturated rings. The second-order valence-corrected chi connectivity index (χ2v) is 8.19. The van der Waals surface area contributed by atoms with Gasteiger partial charge in [0.25, 0.3) is 5.91 Å². The molecule has 2 aromatic rings. The molecule has 1 unspecified atom stereocenters. The normalized spacial score (nSPS) is 15.9. The number of carboxylic acid groups (broad SMARTS) is 1. The van der Waals surface area contributed by atoms with Crippen LogP contribution in [0.5, 0.6) is 5.75 Å². The third-order valence-electron chi connectivity index (χ3n) is 5.54. The molecule has 0 radical (unpaired) electrons. The van der Waals surface area contributed by atoms with Gasteiger partial charge in [-0.05, 0) is 47.4 Å². The van der Waals surface area contributed by atoms with Crippen molar-refractivity contribution in [2.75, 3.05) is 32.7 Å². The number of halogens is 1. The number of ether oxygens (including phenoxy) is 2. The van der Waals surface area contributed by atoms with Crippen molar-refractivity contribution in [3.05, 3.63) is 58.9 Å². The van der Waals surface area contributed by atoms with Crippen molar-refractivity contribution in [3.8, 4) is 5.75 Å². The molecule has 1 heterocycles. The Morgan fingerprint density at radius 3 is 2.58 bits per heavy atom. The molecule has 8 heteroatoms. The lowest BCUT2D eigenvalue weighted by molar-refractivity contribution is -0.121. The lowest BCUT2D eigenvalue weighted by Gasteiger charge is -2.34. The van der Waals surface area contributed by atoms with Crippen LogP contribution in [0, 0.1) is 5.82 Å². The molecule has 2 amide bonds. The van der Waals surface area contributed by atoms with Crippen LogP contribution >= 0.6 is 0 Å². The van der Waals surface area contributed by atoms with E-state index < -0.39 is 29.3 Å². The average Bonchev–Trinajstić information content (AvgIpc) is 2.71. The molecule has 1 aliphatic heterocycles. The predicted octanol–water partition coefficient (Wildman–Crippen LogP) is 3.97. The van der Waals surface area contributed by atoms with Crippen LogP contribution in [0.2, 0.25) is 0 Å². The van der Waals surface area contributed by atoms with E-state index in [0.29, 0.717) is 29.9 Å². The zero-order valence-corrected chi connectivity index (χ0v) is 18.1. The van der Waals surface area contributed by atoms with E-state index >= 15 is 0 Å². The van der Waals surface area contributed by atoms with Crippen LogP contribution in [0.25, 0.3) is 0 Å². The SMILES string of the molecule is COCC(C)(C)c1ccc(NC(=O)C2c3ccc(OC)cc3CCN2C(=O)O)cc1F. The molecule has 31 heavy (non-hydrogen) atoms. The molecular formula is C23H27FN2O5. The van der Waals surface area contributed by atoms with Gasteiger partial charge in [0.2, 0.25) is 0 Å². The first-order valence-electron chi connectivity index (χ1n) is 9.94. The van der Waals surface area contributed by atoms with Gasteiger partial charge in [0.1, 0.15) is 17.6 Å². The van der Waals surface area contributed by atoms with Crippen molar-refractivity contribution in [3.63, 3.8) is 0 Å². The molecular weight excluding hydrogens is 403 g/mol. The Hall–Kier alpha value is -3.13. The number of benzene rings is 2. The molecule has 0 bridgehead atoms. The number of hydrogen-bond donors (Lipinski definition) is 2. The number of methoxy groups -OCH3 is 2. The number of carbonyl (C=O) groups excluding carboxylic acids is 1. The van der Waals surface area contributed by atoms with E-state index in [1.807, 2.05) is 13.8 Å². The number of hydrogen-bond acceptors (Lipinski definition) is 4. The summed E-state index contributed by atoms with van der Waals surface area (Å²) in [7, 11) is 3.10. The minimum absolute atomic E-state index is 0.173. The van der Waals surface area contributed by atoms with Gasteiger partial charge >= 0.3 is 6.09 Å². The molecule has 1 atom stereocenters. The van der Waals surface area contributed by atoms with Crippen molar-refractivity contribution in [1.29, 1.82) is 0 Å². The van der Waals surface area contributed by atoms with Gasteiger partial charge in [-0.2, -0.15) is 0 Å².